The fraction of sp³-hybridized carbons (Fsp3) is 0.128. The first kappa shape index (κ1) is 49.1. The van der Waals surface area contributed by atoms with Crippen molar-refractivity contribution in [2.24, 2.45) is 5.92 Å². The Morgan fingerprint density at radius 1 is 0.487 bits per heavy atom. The number of hydrogen-bond donors (Lipinski definition) is 0. The Balaban J connectivity index is 0.816. The van der Waals surface area contributed by atoms with Gasteiger partial charge in [0.2, 0.25) is 0 Å². The molecule has 5 aliphatic rings. The third-order valence-corrected chi connectivity index (χ3v) is 18.0. The number of benzene rings is 9. The molecule has 14 rings (SSSR count). The molecule has 2 heteroatoms. The Morgan fingerprint density at radius 2 is 1.04 bits per heavy atom. The van der Waals surface area contributed by atoms with Crippen molar-refractivity contribution < 1.29 is 0 Å². The van der Waals surface area contributed by atoms with Crippen LogP contribution < -0.4 is 9.80 Å². The van der Waals surface area contributed by atoms with E-state index in [0.29, 0.717) is 5.92 Å². The van der Waals surface area contributed by atoms with E-state index in [-0.39, 0.29) is 11.5 Å². The average Bonchev–Trinajstić information content (AvgIpc) is 3.25. The molecule has 386 valence electrons. The van der Waals surface area contributed by atoms with E-state index in [2.05, 4.69) is 302 Å². The third kappa shape index (κ3) is 7.99. The van der Waals surface area contributed by atoms with Crippen LogP contribution in [-0.4, -0.2) is 6.04 Å². The van der Waals surface area contributed by atoms with Crippen LogP contribution in [-0.2, 0) is 10.8 Å². The zero-order chi connectivity index (χ0) is 53.6. The Bertz CT molecular complexity index is 3970. The van der Waals surface area contributed by atoms with Crippen molar-refractivity contribution in [1.82, 2.24) is 0 Å². The van der Waals surface area contributed by atoms with Crippen LogP contribution in [0.2, 0.25) is 0 Å². The first-order valence-corrected chi connectivity index (χ1v) is 28.8. The normalized spacial score (nSPS) is 20.4. The van der Waals surface area contributed by atoms with Crippen LogP contribution in [0.3, 0.4) is 0 Å². The summed E-state index contributed by atoms with van der Waals surface area (Å²) in [5.41, 5.74) is 24.6. The molecule has 0 aliphatic heterocycles. The van der Waals surface area contributed by atoms with Gasteiger partial charge in [-0.05, 0) is 182 Å². The van der Waals surface area contributed by atoms with E-state index in [1.54, 1.807) is 5.57 Å². The number of rotatable bonds is 13. The number of allylic oxidation sites excluding steroid dienone is 10. The predicted molar refractivity (Wildman–Crippen MR) is 336 cm³/mol. The first-order valence-electron chi connectivity index (χ1n) is 28.8. The smallest absolute Gasteiger partial charge is 0.0714 e. The van der Waals surface area contributed by atoms with Crippen LogP contribution in [0.4, 0.5) is 28.4 Å². The van der Waals surface area contributed by atoms with Gasteiger partial charge >= 0.3 is 0 Å². The molecule has 0 saturated heterocycles. The van der Waals surface area contributed by atoms with Crippen LogP contribution in [0.15, 0.2) is 314 Å². The van der Waals surface area contributed by atoms with E-state index in [9.17, 15) is 0 Å². The molecule has 0 bridgehead atoms. The molecule has 0 spiro atoms. The summed E-state index contributed by atoms with van der Waals surface area (Å²) in [6.07, 6.45) is 24.5. The standard InChI is InChI=1S/C78H64N2/c1-3-55-33-41-61(42-34-55)77(59-21-9-5-10-22-59)73-31-19-17-29-69(73)71-51-49-67(53-75(71)77)79(63-25-13-7-14-26-63)65-45-37-57(38-46-65)58-39-47-66(48-40-58)80(64-27-15-8-16-28-64)68-50-52-72-70-30-18-20-32-74(70)78(76(72)54-68,60-23-11-6-12-24-60)62-43-35-56(4-2)36-44-62/h3,5-19,21-31,33-35,37-53,56,68H,1,4,20,32,36,54H2,2H3. The van der Waals surface area contributed by atoms with Crippen LogP contribution in [0.5, 0.6) is 0 Å². The number of hydrogen-bond acceptors (Lipinski definition) is 2. The lowest BCUT2D eigenvalue weighted by Gasteiger charge is -2.43. The molecule has 80 heavy (non-hydrogen) atoms. The van der Waals surface area contributed by atoms with Gasteiger partial charge in [0, 0.05) is 28.4 Å². The first-order chi connectivity index (χ1) is 39.6. The maximum absolute atomic E-state index is 4.08. The van der Waals surface area contributed by atoms with Gasteiger partial charge in [0.05, 0.1) is 16.9 Å². The highest BCUT2D eigenvalue weighted by atomic mass is 15.2. The summed E-state index contributed by atoms with van der Waals surface area (Å²) in [7, 11) is 0. The zero-order valence-electron chi connectivity index (χ0n) is 45.4. The van der Waals surface area contributed by atoms with Gasteiger partial charge in [0.25, 0.3) is 0 Å². The van der Waals surface area contributed by atoms with Crippen molar-refractivity contribution in [2.75, 3.05) is 9.80 Å². The molecule has 5 aliphatic carbocycles. The second-order valence-electron chi connectivity index (χ2n) is 22.1. The van der Waals surface area contributed by atoms with E-state index < -0.39 is 5.41 Å². The number of nitrogens with zero attached hydrogens (tertiary/aromatic N) is 2. The summed E-state index contributed by atoms with van der Waals surface area (Å²) < 4.78 is 0. The Morgan fingerprint density at radius 3 is 1.69 bits per heavy atom. The van der Waals surface area contributed by atoms with E-state index in [0.717, 1.165) is 54.7 Å². The minimum absolute atomic E-state index is 0.0966. The molecular weight excluding hydrogens is 965 g/mol. The molecule has 9 aromatic carbocycles. The second kappa shape index (κ2) is 20.5. The molecule has 9 aromatic rings. The van der Waals surface area contributed by atoms with E-state index in [1.165, 1.54) is 83.7 Å². The number of anilines is 5. The Hall–Kier alpha value is -9.24. The Labute approximate surface area is 472 Å². The highest BCUT2D eigenvalue weighted by molar-refractivity contribution is 5.90. The third-order valence-electron chi connectivity index (χ3n) is 18.0. The van der Waals surface area contributed by atoms with Gasteiger partial charge < -0.3 is 9.80 Å². The topological polar surface area (TPSA) is 6.48 Å². The minimum Gasteiger partial charge on any atom is -0.334 e. The summed E-state index contributed by atoms with van der Waals surface area (Å²) in [6, 6.07) is 87.9. The molecule has 0 fully saturated rings. The number of para-hydroxylation sites is 2. The zero-order valence-corrected chi connectivity index (χ0v) is 45.4. The molecule has 0 heterocycles. The van der Waals surface area contributed by atoms with Crippen LogP contribution in [0.1, 0.15) is 72.4 Å². The van der Waals surface area contributed by atoms with Crippen molar-refractivity contribution in [3.63, 3.8) is 0 Å². The summed E-state index contributed by atoms with van der Waals surface area (Å²) >= 11 is 0. The lowest BCUT2D eigenvalue weighted by atomic mass is 9.61. The van der Waals surface area contributed by atoms with Crippen LogP contribution in [0, 0.1) is 5.92 Å². The summed E-state index contributed by atoms with van der Waals surface area (Å²) in [5.74, 6) is 0.586. The van der Waals surface area contributed by atoms with Gasteiger partial charge in [0.1, 0.15) is 0 Å². The fourth-order valence-corrected chi connectivity index (χ4v) is 14.3. The molecule has 0 N–H and O–H groups in total. The largest absolute Gasteiger partial charge is 0.334 e. The van der Waals surface area contributed by atoms with Crippen LogP contribution in [0.25, 0.3) is 28.3 Å². The maximum atomic E-state index is 4.08. The summed E-state index contributed by atoms with van der Waals surface area (Å²) in [6.45, 7) is 6.40. The molecule has 0 saturated carbocycles. The molecule has 0 radical (unpaired) electrons. The predicted octanol–water partition coefficient (Wildman–Crippen LogP) is 20.1. The van der Waals surface area contributed by atoms with Gasteiger partial charge in [-0.15, -0.1) is 0 Å². The lowest BCUT2D eigenvalue weighted by Crippen LogP contribution is -2.38. The van der Waals surface area contributed by atoms with Gasteiger partial charge in [-0.3, -0.25) is 0 Å². The van der Waals surface area contributed by atoms with E-state index >= 15 is 0 Å². The van der Waals surface area contributed by atoms with E-state index in [1.807, 2.05) is 6.08 Å². The van der Waals surface area contributed by atoms with Crippen molar-refractivity contribution in [2.45, 2.75) is 55.9 Å². The highest BCUT2D eigenvalue weighted by Crippen LogP contribution is 2.61. The van der Waals surface area contributed by atoms with Crippen LogP contribution >= 0.6 is 0 Å². The minimum atomic E-state index is -0.536. The fourth-order valence-electron chi connectivity index (χ4n) is 14.3. The summed E-state index contributed by atoms with van der Waals surface area (Å²) in [4.78, 5) is 4.98. The molecule has 4 atom stereocenters. The van der Waals surface area contributed by atoms with Crippen molar-refractivity contribution in [1.29, 1.82) is 0 Å². The monoisotopic (exact) mass is 1030 g/mol. The van der Waals surface area contributed by atoms with Gasteiger partial charge in [-0.25, -0.2) is 0 Å². The molecular formula is C78H64N2. The van der Waals surface area contributed by atoms with Gasteiger partial charge in [-0.1, -0.05) is 238 Å². The van der Waals surface area contributed by atoms with E-state index in [4.69, 9.17) is 0 Å². The van der Waals surface area contributed by atoms with Gasteiger partial charge in [-0.2, -0.15) is 0 Å². The highest BCUT2D eigenvalue weighted by Gasteiger charge is 2.51. The van der Waals surface area contributed by atoms with Crippen molar-refractivity contribution in [3.05, 3.63) is 347 Å². The van der Waals surface area contributed by atoms with Crippen molar-refractivity contribution in [3.8, 4) is 22.3 Å². The molecule has 0 amide bonds. The molecule has 0 aromatic heterocycles. The molecule has 4 unspecified atom stereocenters. The summed E-state index contributed by atoms with van der Waals surface area (Å²) in [5, 5.41) is 0. The van der Waals surface area contributed by atoms with Gasteiger partial charge in [0.15, 0.2) is 0 Å². The maximum Gasteiger partial charge on any atom is 0.0714 e. The SMILES string of the molecule is C=Cc1ccc(C2(c3ccccc3)c3ccccc3-c3ccc(N(c4ccccc4)c4ccc(-c5ccc(N(c6ccccc6)C6C=CC7=C(C6)C(C6=CCC(CC)C=C6)(c6ccccc6)C6=C7C=CCC6)cc5)cc4)cc32)cc1. The second-order valence-corrected chi connectivity index (χ2v) is 22.1. The lowest BCUT2D eigenvalue weighted by molar-refractivity contribution is 0.585. The number of fused-ring (bicyclic) bond motifs is 4. The Kier molecular flexibility index (Phi) is 12.6. The molecule has 2 nitrogen and oxygen atoms in total. The van der Waals surface area contributed by atoms with Crippen molar-refractivity contribution >= 4 is 34.5 Å². The average molecular weight is 1030 g/mol. The quantitative estimate of drug-likeness (QED) is 0.114.